The van der Waals surface area contributed by atoms with Crippen LogP contribution in [0.5, 0.6) is 0 Å². The molecule has 0 aromatic heterocycles. The van der Waals surface area contributed by atoms with Crippen LogP contribution in [0.2, 0.25) is 0 Å². The molecule has 3 unspecified atom stereocenters. The zero-order chi connectivity index (χ0) is 13.2. The van der Waals surface area contributed by atoms with Crippen molar-refractivity contribution in [3.05, 3.63) is 0 Å². The maximum absolute atomic E-state index is 12.1. The van der Waals surface area contributed by atoms with Crippen LogP contribution in [0, 0.1) is 11.8 Å². The molecule has 0 spiro atoms. The topological polar surface area (TPSA) is 66.4 Å². The average molecular weight is 271 g/mol. The molecule has 2 fully saturated rings. The molecule has 3 atom stereocenters. The number of nitrogens with one attached hydrogen (secondary N) is 1. The van der Waals surface area contributed by atoms with E-state index in [4.69, 9.17) is 5.11 Å². The third kappa shape index (κ3) is 2.99. The maximum atomic E-state index is 12.1. The van der Waals surface area contributed by atoms with Crippen molar-refractivity contribution in [1.82, 2.24) is 5.32 Å². The molecule has 0 bridgehead atoms. The Morgan fingerprint density at radius 2 is 2.06 bits per heavy atom. The number of thioether (sulfide) groups is 1. The molecule has 1 heterocycles. The standard InChI is InChI=1S/C13H21NO3S/c1-13(6-3-7-18-13)8-14-11(15)9-4-2-5-10(9)12(16)17/h9-10H,2-8H2,1H3,(H,14,15)(H,16,17). The highest BCUT2D eigenvalue weighted by atomic mass is 32.2. The number of amides is 1. The summed E-state index contributed by atoms with van der Waals surface area (Å²) in [7, 11) is 0. The molecule has 1 saturated heterocycles. The monoisotopic (exact) mass is 271 g/mol. The molecule has 0 radical (unpaired) electrons. The average Bonchev–Trinajstić information content (AvgIpc) is 2.95. The van der Waals surface area contributed by atoms with Crippen molar-refractivity contribution in [1.29, 1.82) is 0 Å². The molecule has 2 rings (SSSR count). The molecular formula is C13H21NO3S. The highest BCUT2D eigenvalue weighted by molar-refractivity contribution is 8.00. The molecule has 1 aliphatic carbocycles. The van der Waals surface area contributed by atoms with Crippen molar-refractivity contribution in [3.63, 3.8) is 0 Å². The van der Waals surface area contributed by atoms with Gasteiger partial charge in [-0.25, -0.2) is 0 Å². The van der Waals surface area contributed by atoms with E-state index in [1.54, 1.807) is 0 Å². The molecule has 1 amide bonds. The van der Waals surface area contributed by atoms with Gasteiger partial charge in [-0.3, -0.25) is 9.59 Å². The molecule has 102 valence electrons. The van der Waals surface area contributed by atoms with E-state index in [-0.39, 0.29) is 16.6 Å². The van der Waals surface area contributed by atoms with Crippen molar-refractivity contribution in [3.8, 4) is 0 Å². The van der Waals surface area contributed by atoms with E-state index in [9.17, 15) is 9.59 Å². The molecule has 0 aromatic carbocycles. The molecule has 4 nitrogen and oxygen atoms in total. The van der Waals surface area contributed by atoms with Crippen LogP contribution in [-0.4, -0.2) is 34.0 Å². The third-order valence-electron chi connectivity index (χ3n) is 4.11. The lowest BCUT2D eigenvalue weighted by molar-refractivity contribution is -0.146. The van der Waals surface area contributed by atoms with Crippen LogP contribution in [0.15, 0.2) is 0 Å². The second-order valence-electron chi connectivity index (χ2n) is 5.60. The van der Waals surface area contributed by atoms with Gasteiger partial charge in [0.1, 0.15) is 0 Å². The zero-order valence-electron chi connectivity index (χ0n) is 10.8. The summed E-state index contributed by atoms with van der Waals surface area (Å²) in [6, 6.07) is 0. The number of carboxylic acid groups (broad SMARTS) is 1. The number of aliphatic carboxylic acids is 1. The van der Waals surface area contributed by atoms with Crippen LogP contribution in [0.4, 0.5) is 0 Å². The summed E-state index contributed by atoms with van der Waals surface area (Å²) in [6.45, 7) is 2.84. The van der Waals surface area contributed by atoms with Gasteiger partial charge in [-0.1, -0.05) is 6.42 Å². The van der Waals surface area contributed by atoms with E-state index in [0.29, 0.717) is 19.4 Å². The van der Waals surface area contributed by atoms with Crippen LogP contribution in [-0.2, 0) is 9.59 Å². The second-order valence-corrected chi connectivity index (χ2v) is 7.28. The van der Waals surface area contributed by atoms with Crippen molar-refractivity contribution < 1.29 is 14.7 Å². The molecule has 1 saturated carbocycles. The molecule has 18 heavy (non-hydrogen) atoms. The van der Waals surface area contributed by atoms with E-state index in [1.165, 1.54) is 6.42 Å². The van der Waals surface area contributed by atoms with Gasteiger partial charge in [0.2, 0.25) is 5.91 Å². The fourth-order valence-corrected chi connectivity index (χ4v) is 4.20. The molecular weight excluding hydrogens is 250 g/mol. The van der Waals surface area contributed by atoms with Crippen LogP contribution >= 0.6 is 11.8 Å². The first-order valence-corrected chi connectivity index (χ1v) is 7.65. The van der Waals surface area contributed by atoms with E-state index < -0.39 is 11.9 Å². The summed E-state index contributed by atoms with van der Waals surface area (Å²) in [5, 5.41) is 12.0. The summed E-state index contributed by atoms with van der Waals surface area (Å²) in [6.07, 6.45) is 4.54. The van der Waals surface area contributed by atoms with Crippen molar-refractivity contribution >= 4 is 23.6 Å². The predicted octanol–water partition coefficient (Wildman–Crippen LogP) is 1.89. The van der Waals surface area contributed by atoms with Crippen LogP contribution in [0.3, 0.4) is 0 Å². The number of carbonyl (C=O) groups is 2. The molecule has 5 heteroatoms. The van der Waals surface area contributed by atoms with Crippen LogP contribution in [0.25, 0.3) is 0 Å². The Morgan fingerprint density at radius 1 is 1.33 bits per heavy atom. The van der Waals surface area contributed by atoms with Gasteiger partial charge in [0.25, 0.3) is 0 Å². The Kier molecular flexibility index (Phi) is 4.20. The Morgan fingerprint density at radius 3 is 2.67 bits per heavy atom. The van der Waals surface area contributed by atoms with Gasteiger partial charge in [0, 0.05) is 11.3 Å². The molecule has 2 aliphatic rings. The normalized spacial score (nSPS) is 35.6. The smallest absolute Gasteiger partial charge is 0.307 e. The van der Waals surface area contributed by atoms with Gasteiger partial charge in [0.05, 0.1) is 11.8 Å². The third-order valence-corrected chi connectivity index (χ3v) is 5.65. The van der Waals surface area contributed by atoms with Gasteiger partial charge in [-0.2, -0.15) is 11.8 Å². The summed E-state index contributed by atoms with van der Waals surface area (Å²) in [4.78, 5) is 23.1. The quantitative estimate of drug-likeness (QED) is 0.819. The van der Waals surface area contributed by atoms with Gasteiger partial charge in [-0.15, -0.1) is 0 Å². The van der Waals surface area contributed by atoms with E-state index in [2.05, 4.69) is 12.2 Å². The lowest BCUT2D eigenvalue weighted by Crippen LogP contribution is -2.41. The number of carbonyl (C=O) groups excluding carboxylic acids is 1. The second kappa shape index (κ2) is 5.51. The Balaban J connectivity index is 1.86. The Hall–Kier alpha value is -0.710. The largest absolute Gasteiger partial charge is 0.481 e. The number of hydrogen-bond acceptors (Lipinski definition) is 3. The van der Waals surface area contributed by atoms with E-state index in [0.717, 1.165) is 18.6 Å². The fraction of sp³-hybridized carbons (Fsp3) is 0.846. The van der Waals surface area contributed by atoms with Crippen molar-refractivity contribution in [2.24, 2.45) is 11.8 Å². The summed E-state index contributed by atoms with van der Waals surface area (Å²) in [5.74, 6) is -0.526. The van der Waals surface area contributed by atoms with E-state index >= 15 is 0 Å². The van der Waals surface area contributed by atoms with Crippen LogP contribution < -0.4 is 5.32 Å². The van der Waals surface area contributed by atoms with Crippen molar-refractivity contribution in [2.75, 3.05) is 12.3 Å². The lowest BCUT2D eigenvalue weighted by Gasteiger charge is -2.24. The van der Waals surface area contributed by atoms with Gasteiger partial charge < -0.3 is 10.4 Å². The minimum atomic E-state index is -0.825. The highest BCUT2D eigenvalue weighted by Gasteiger charge is 2.38. The minimum absolute atomic E-state index is 0.0615. The molecule has 1 aliphatic heterocycles. The van der Waals surface area contributed by atoms with Crippen molar-refractivity contribution in [2.45, 2.75) is 43.8 Å². The maximum Gasteiger partial charge on any atom is 0.307 e. The number of rotatable bonds is 4. The van der Waals surface area contributed by atoms with Crippen LogP contribution in [0.1, 0.15) is 39.0 Å². The SMILES string of the molecule is CC1(CNC(=O)C2CCCC2C(=O)O)CCCS1. The Labute approximate surface area is 112 Å². The summed E-state index contributed by atoms with van der Waals surface area (Å²) in [5.41, 5.74) is 0. The fourth-order valence-electron chi connectivity index (χ4n) is 2.95. The Bertz CT molecular complexity index is 339. The predicted molar refractivity (Wildman–Crippen MR) is 71.6 cm³/mol. The summed E-state index contributed by atoms with van der Waals surface area (Å²) >= 11 is 1.91. The van der Waals surface area contributed by atoms with Gasteiger partial charge >= 0.3 is 5.97 Å². The first-order valence-electron chi connectivity index (χ1n) is 6.66. The first-order chi connectivity index (χ1) is 8.52. The lowest BCUT2D eigenvalue weighted by atomic mass is 9.95. The number of hydrogen-bond donors (Lipinski definition) is 2. The molecule has 2 N–H and O–H groups in total. The summed E-state index contributed by atoms with van der Waals surface area (Å²) < 4.78 is 0.146. The highest BCUT2D eigenvalue weighted by Crippen LogP contribution is 2.37. The molecule has 0 aromatic rings. The zero-order valence-corrected chi connectivity index (χ0v) is 11.6. The van der Waals surface area contributed by atoms with E-state index in [1.807, 2.05) is 11.8 Å². The van der Waals surface area contributed by atoms with Gasteiger partial charge in [-0.05, 0) is 38.4 Å². The number of carboxylic acids is 1. The first kappa shape index (κ1) is 13.7. The minimum Gasteiger partial charge on any atom is -0.481 e. The van der Waals surface area contributed by atoms with Gasteiger partial charge in [0.15, 0.2) is 0 Å².